The van der Waals surface area contributed by atoms with Gasteiger partial charge in [-0.3, -0.25) is 0 Å². The first-order valence-electron chi connectivity index (χ1n) is 4.21. The normalized spacial score (nSPS) is 13.4. The summed E-state index contributed by atoms with van der Waals surface area (Å²) in [7, 11) is 0. The molecule has 0 spiro atoms. The first-order chi connectivity index (χ1) is 5.77. The average molecular weight is 204 g/mol. The van der Waals surface area contributed by atoms with Gasteiger partial charge in [0.25, 0.3) is 0 Å². The maximum absolute atomic E-state index is 12.6. The summed E-state index contributed by atoms with van der Waals surface area (Å²) in [6.07, 6.45) is -6.63. The topological polar surface area (TPSA) is 0 Å². The van der Waals surface area contributed by atoms with Crippen LogP contribution in [0.3, 0.4) is 0 Å². The number of rotatable bonds is 5. The molecule has 0 aromatic rings. The number of halogens is 5. The molecule has 0 aliphatic carbocycles. The molecule has 0 saturated heterocycles. The Labute approximate surface area is 74.1 Å². The van der Waals surface area contributed by atoms with Crippen LogP contribution in [0.4, 0.5) is 22.0 Å². The second kappa shape index (κ2) is 4.77. The van der Waals surface area contributed by atoms with Crippen molar-refractivity contribution >= 4 is 0 Å². The average Bonchev–Trinajstić information content (AvgIpc) is 1.82. The lowest BCUT2D eigenvalue weighted by molar-refractivity contribution is -0.139. The van der Waals surface area contributed by atoms with Crippen LogP contribution in [0, 0.1) is 0 Å². The zero-order valence-electron chi connectivity index (χ0n) is 7.43. The molecule has 0 aromatic carbocycles. The molecule has 0 N–H and O–H groups in total. The van der Waals surface area contributed by atoms with Gasteiger partial charge in [-0.1, -0.05) is 13.3 Å². The molecule has 0 atom stereocenters. The Bertz CT molecular complexity index is 138. The minimum atomic E-state index is -4.32. The molecule has 0 bridgehead atoms. The summed E-state index contributed by atoms with van der Waals surface area (Å²) < 4.78 is 60.0. The van der Waals surface area contributed by atoms with Crippen LogP contribution in [0.1, 0.15) is 39.0 Å². The summed E-state index contributed by atoms with van der Waals surface area (Å²) in [5.74, 6) is -2.93. The van der Waals surface area contributed by atoms with Gasteiger partial charge in [0.15, 0.2) is 0 Å². The van der Waals surface area contributed by atoms with E-state index in [2.05, 4.69) is 0 Å². The Morgan fingerprint density at radius 3 is 1.77 bits per heavy atom. The second-order valence-electron chi connectivity index (χ2n) is 3.07. The van der Waals surface area contributed by atoms with E-state index in [0.29, 0.717) is 6.42 Å². The van der Waals surface area contributed by atoms with Crippen LogP contribution in [0.5, 0.6) is 0 Å². The predicted octanol–water partition coefficient (Wildman–Crippen LogP) is 4.15. The molecule has 0 amide bonds. The molecule has 0 rings (SSSR count). The molecule has 0 saturated carbocycles. The van der Waals surface area contributed by atoms with Crippen molar-refractivity contribution < 1.29 is 22.0 Å². The van der Waals surface area contributed by atoms with E-state index in [-0.39, 0.29) is 6.42 Å². The van der Waals surface area contributed by atoms with Crippen molar-refractivity contribution in [2.24, 2.45) is 0 Å². The third kappa shape index (κ3) is 7.99. The largest absolute Gasteiger partial charge is 0.389 e. The summed E-state index contributed by atoms with van der Waals surface area (Å²) in [6, 6.07) is 0. The summed E-state index contributed by atoms with van der Waals surface area (Å²) in [6.45, 7) is 1.58. The van der Waals surface area contributed by atoms with Crippen LogP contribution >= 0.6 is 0 Å². The fourth-order valence-corrected chi connectivity index (χ4v) is 1.04. The van der Waals surface area contributed by atoms with Crippen molar-refractivity contribution in [3.8, 4) is 0 Å². The third-order valence-electron chi connectivity index (χ3n) is 1.62. The highest BCUT2D eigenvalue weighted by Crippen LogP contribution is 2.30. The van der Waals surface area contributed by atoms with Crippen molar-refractivity contribution in [2.45, 2.75) is 51.1 Å². The minimum absolute atomic E-state index is 0.291. The molecule has 0 heterocycles. The summed E-state index contributed by atoms with van der Waals surface area (Å²) in [5, 5.41) is 0. The summed E-state index contributed by atoms with van der Waals surface area (Å²) in [5.41, 5.74) is 0. The molecule has 0 aliphatic rings. The Morgan fingerprint density at radius 1 is 0.846 bits per heavy atom. The Kier molecular flexibility index (Phi) is 4.64. The smallest absolute Gasteiger partial charge is 0.207 e. The zero-order chi connectivity index (χ0) is 10.5. The van der Waals surface area contributed by atoms with Gasteiger partial charge in [-0.05, 0) is 6.42 Å². The lowest BCUT2D eigenvalue weighted by atomic mass is 10.1. The van der Waals surface area contributed by atoms with E-state index in [4.69, 9.17) is 0 Å². The van der Waals surface area contributed by atoms with Crippen molar-refractivity contribution in [3.05, 3.63) is 0 Å². The monoisotopic (exact) mass is 204 g/mol. The Hall–Kier alpha value is -0.350. The molecule has 13 heavy (non-hydrogen) atoms. The van der Waals surface area contributed by atoms with Gasteiger partial charge in [-0.2, -0.15) is 13.2 Å². The van der Waals surface area contributed by atoms with Crippen LogP contribution < -0.4 is 0 Å². The fourth-order valence-electron chi connectivity index (χ4n) is 1.04. The molecule has 0 aliphatic heterocycles. The number of hydrogen-bond donors (Lipinski definition) is 0. The quantitative estimate of drug-likeness (QED) is 0.590. The van der Waals surface area contributed by atoms with E-state index >= 15 is 0 Å². The van der Waals surface area contributed by atoms with Gasteiger partial charge in [0.2, 0.25) is 5.92 Å². The number of alkyl halides is 5. The van der Waals surface area contributed by atoms with E-state index in [0.717, 1.165) is 0 Å². The van der Waals surface area contributed by atoms with Crippen LogP contribution in [0.25, 0.3) is 0 Å². The molecular formula is C8H13F5. The van der Waals surface area contributed by atoms with Crippen molar-refractivity contribution in [1.82, 2.24) is 0 Å². The number of hydrogen-bond acceptors (Lipinski definition) is 0. The minimum Gasteiger partial charge on any atom is -0.207 e. The molecule has 0 fully saturated rings. The highest BCUT2D eigenvalue weighted by atomic mass is 19.4. The molecule has 0 radical (unpaired) electrons. The van der Waals surface area contributed by atoms with E-state index in [1.807, 2.05) is 0 Å². The van der Waals surface area contributed by atoms with Crippen LogP contribution in [-0.4, -0.2) is 12.1 Å². The van der Waals surface area contributed by atoms with Crippen molar-refractivity contribution in [2.75, 3.05) is 0 Å². The Morgan fingerprint density at radius 2 is 1.38 bits per heavy atom. The maximum Gasteiger partial charge on any atom is 0.389 e. The van der Waals surface area contributed by atoms with Gasteiger partial charge in [0.1, 0.15) is 0 Å². The van der Waals surface area contributed by atoms with Gasteiger partial charge in [-0.25, -0.2) is 8.78 Å². The van der Waals surface area contributed by atoms with E-state index in [1.54, 1.807) is 6.92 Å². The van der Waals surface area contributed by atoms with E-state index in [1.165, 1.54) is 0 Å². The fraction of sp³-hybridized carbons (Fsp3) is 1.00. The first-order valence-corrected chi connectivity index (χ1v) is 4.21. The van der Waals surface area contributed by atoms with Gasteiger partial charge >= 0.3 is 6.18 Å². The van der Waals surface area contributed by atoms with Gasteiger partial charge in [-0.15, -0.1) is 0 Å². The molecule has 5 heteroatoms. The van der Waals surface area contributed by atoms with Crippen LogP contribution in [-0.2, 0) is 0 Å². The van der Waals surface area contributed by atoms with Crippen molar-refractivity contribution in [1.29, 1.82) is 0 Å². The van der Waals surface area contributed by atoms with Crippen LogP contribution in [0.15, 0.2) is 0 Å². The maximum atomic E-state index is 12.6. The molecule has 0 aromatic heterocycles. The molecule has 0 unspecified atom stereocenters. The highest BCUT2D eigenvalue weighted by molar-refractivity contribution is 4.66. The van der Waals surface area contributed by atoms with Gasteiger partial charge < -0.3 is 0 Å². The van der Waals surface area contributed by atoms with Gasteiger partial charge in [0, 0.05) is 19.3 Å². The van der Waals surface area contributed by atoms with Gasteiger partial charge in [0.05, 0.1) is 0 Å². The molecular weight excluding hydrogens is 191 g/mol. The third-order valence-corrected chi connectivity index (χ3v) is 1.62. The lowest BCUT2D eigenvalue weighted by Gasteiger charge is -2.15. The summed E-state index contributed by atoms with van der Waals surface area (Å²) in [4.78, 5) is 0. The first kappa shape index (κ1) is 12.7. The molecule has 0 nitrogen and oxygen atoms in total. The van der Waals surface area contributed by atoms with E-state index < -0.39 is 31.4 Å². The molecule has 80 valence electrons. The SMILES string of the molecule is CCCC(F)(F)CCCC(F)(F)F. The summed E-state index contributed by atoms with van der Waals surface area (Å²) >= 11 is 0. The Balaban J connectivity index is 3.63. The lowest BCUT2D eigenvalue weighted by Crippen LogP contribution is -2.17. The highest BCUT2D eigenvalue weighted by Gasteiger charge is 2.31. The van der Waals surface area contributed by atoms with Crippen molar-refractivity contribution in [3.63, 3.8) is 0 Å². The van der Waals surface area contributed by atoms with E-state index in [9.17, 15) is 22.0 Å². The standard InChI is InChI=1S/C8H13F5/c1-2-4-7(9,10)5-3-6-8(11,12)13/h2-6H2,1H3. The van der Waals surface area contributed by atoms with Crippen LogP contribution in [0.2, 0.25) is 0 Å². The zero-order valence-corrected chi connectivity index (χ0v) is 7.43. The predicted molar refractivity (Wildman–Crippen MR) is 39.8 cm³/mol. The second-order valence-corrected chi connectivity index (χ2v) is 3.07.